The number of hydrogen-bond acceptors (Lipinski definition) is 2. The molecule has 4 heteroatoms. The fourth-order valence-corrected chi connectivity index (χ4v) is 7.73. The quantitative estimate of drug-likeness (QED) is 0.436. The van der Waals surface area contributed by atoms with Gasteiger partial charge in [0.1, 0.15) is 0 Å². The minimum absolute atomic E-state index is 0.129. The van der Waals surface area contributed by atoms with Gasteiger partial charge in [0.15, 0.2) is 0 Å². The maximum atomic E-state index is 10.6. The first kappa shape index (κ1) is 17.8. The summed E-state index contributed by atoms with van der Waals surface area (Å²) in [6.07, 6.45) is -1.05. The Bertz CT molecular complexity index is 892. The molecule has 0 saturated heterocycles. The molecule has 0 spiro atoms. The van der Waals surface area contributed by atoms with Gasteiger partial charge in [-0.2, -0.15) is 0 Å². The van der Waals surface area contributed by atoms with E-state index in [1.165, 1.54) is 8.87 Å². The number of rotatable bonds is 5. The summed E-state index contributed by atoms with van der Waals surface area (Å²) in [6, 6.07) is 28.0. The molecule has 0 amide bonds. The third-order valence-electron chi connectivity index (χ3n) is 4.27. The molecule has 0 fully saturated rings. The molecular formula is C22H18O2Se2. The second kappa shape index (κ2) is 7.94. The molecule has 4 aromatic rings. The first-order valence-electron chi connectivity index (χ1n) is 8.38. The van der Waals surface area contributed by atoms with Gasteiger partial charge in [-0.25, -0.2) is 0 Å². The zero-order chi connectivity index (χ0) is 17.9. The van der Waals surface area contributed by atoms with Crippen molar-refractivity contribution in [3.05, 3.63) is 105 Å². The van der Waals surface area contributed by atoms with Crippen LogP contribution in [0.2, 0.25) is 0 Å². The van der Waals surface area contributed by atoms with Crippen LogP contribution in [0.5, 0.6) is 0 Å². The van der Waals surface area contributed by atoms with Crippen molar-refractivity contribution in [1.82, 2.24) is 0 Å². The third-order valence-corrected chi connectivity index (χ3v) is 9.83. The van der Waals surface area contributed by atoms with Gasteiger partial charge < -0.3 is 0 Å². The number of benzene rings is 2. The number of hydrogen-bond donors (Lipinski definition) is 2. The van der Waals surface area contributed by atoms with Gasteiger partial charge in [-0.05, 0) is 0 Å². The topological polar surface area (TPSA) is 40.5 Å². The summed E-state index contributed by atoms with van der Waals surface area (Å²) < 4.78 is 4.81. The fraction of sp³-hybridized carbons (Fsp3) is 0.0909. The van der Waals surface area contributed by atoms with E-state index in [4.69, 9.17) is 0 Å². The van der Waals surface area contributed by atoms with Crippen molar-refractivity contribution in [3.63, 3.8) is 0 Å². The summed E-state index contributed by atoms with van der Waals surface area (Å²) in [6.45, 7) is 0. The van der Waals surface area contributed by atoms with E-state index in [0.29, 0.717) is 0 Å². The summed E-state index contributed by atoms with van der Waals surface area (Å²) in [5, 5.41) is 21.2. The molecule has 0 bridgehead atoms. The minimum atomic E-state index is -0.526. The van der Waals surface area contributed by atoms with Crippen LogP contribution in [0, 0.1) is 0 Å². The van der Waals surface area contributed by atoms with Gasteiger partial charge in [0.25, 0.3) is 0 Å². The second-order valence-corrected chi connectivity index (χ2v) is 10.7. The molecule has 26 heavy (non-hydrogen) atoms. The van der Waals surface area contributed by atoms with E-state index in [1.807, 2.05) is 60.7 Å². The van der Waals surface area contributed by atoms with Crippen molar-refractivity contribution in [1.29, 1.82) is 0 Å². The Balaban J connectivity index is 1.56. The van der Waals surface area contributed by atoms with Crippen LogP contribution in [0.25, 0.3) is 8.87 Å². The Morgan fingerprint density at radius 1 is 0.500 bits per heavy atom. The molecule has 0 aliphatic heterocycles. The van der Waals surface area contributed by atoms with Crippen LogP contribution in [0.3, 0.4) is 0 Å². The molecule has 0 aliphatic rings. The van der Waals surface area contributed by atoms with E-state index >= 15 is 0 Å². The normalized spacial score (nSPS) is 13.5. The molecular weight excluding hydrogens is 454 g/mol. The van der Waals surface area contributed by atoms with Gasteiger partial charge in [-0.3, -0.25) is 0 Å². The summed E-state index contributed by atoms with van der Waals surface area (Å²) in [5.74, 6) is 0. The van der Waals surface area contributed by atoms with Crippen molar-refractivity contribution in [2.45, 2.75) is 12.2 Å². The van der Waals surface area contributed by atoms with Crippen molar-refractivity contribution in [3.8, 4) is 8.87 Å². The van der Waals surface area contributed by atoms with Crippen LogP contribution in [0.15, 0.2) is 84.9 Å². The van der Waals surface area contributed by atoms with Crippen molar-refractivity contribution >= 4 is 29.0 Å². The van der Waals surface area contributed by atoms with Gasteiger partial charge >= 0.3 is 165 Å². The molecule has 2 nitrogen and oxygen atoms in total. The SMILES string of the molecule is OC(c1ccccc1)c1ccc(-c2ccc(C(O)c3ccccc3)[se]2)[se]1. The Kier molecular flexibility index (Phi) is 5.42. The molecule has 2 aromatic heterocycles. The van der Waals surface area contributed by atoms with Crippen LogP contribution in [-0.4, -0.2) is 39.2 Å². The van der Waals surface area contributed by atoms with E-state index in [0.717, 1.165) is 20.0 Å². The fourth-order valence-electron chi connectivity index (χ4n) is 2.86. The molecule has 2 heterocycles. The van der Waals surface area contributed by atoms with Crippen molar-refractivity contribution < 1.29 is 10.2 Å². The van der Waals surface area contributed by atoms with Gasteiger partial charge in [-0.1, -0.05) is 0 Å². The number of aliphatic hydroxyl groups is 2. The summed E-state index contributed by atoms with van der Waals surface area (Å²) in [5.41, 5.74) is 1.89. The van der Waals surface area contributed by atoms with Gasteiger partial charge in [-0.15, -0.1) is 0 Å². The average Bonchev–Trinajstić information content (AvgIpc) is 3.38. The Labute approximate surface area is 164 Å². The molecule has 2 N–H and O–H groups in total. The maximum absolute atomic E-state index is 10.6. The Morgan fingerprint density at radius 2 is 0.885 bits per heavy atom. The monoisotopic (exact) mass is 474 g/mol. The van der Waals surface area contributed by atoms with Gasteiger partial charge in [0.2, 0.25) is 0 Å². The first-order chi connectivity index (χ1) is 12.7. The molecule has 2 unspecified atom stereocenters. The molecule has 2 atom stereocenters. The predicted octanol–water partition coefficient (Wildman–Crippen LogP) is 3.63. The van der Waals surface area contributed by atoms with Crippen LogP contribution >= 0.6 is 0 Å². The average molecular weight is 472 g/mol. The number of aliphatic hydroxyl groups excluding tert-OH is 2. The van der Waals surface area contributed by atoms with E-state index in [-0.39, 0.29) is 29.0 Å². The van der Waals surface area contributed by atoms with Crippen molar-refractivity contribution in [2.24, 2.45) is 0 Å². The zero-order valence-corrected chi connectivity index (χ0v) is 17.4. The summed E-state index contributed by atoms with van der Waals surface area (Å²) in [7, 11) is 0. The Morgan fingerprint density at radius 3 is 1.27 bits per heavy atom. The predicted molar refractivity (Wildman–Crippen MR) is 107 cm³/mol. The van der Waals surface area contributed by atoms with Gasteiger partial charge in [0.05, 0.1) is 0 Å². The molecule has 0 saturated carbocycles. The first-order valence-corrected chi connectivity index (χ1v) is 11.8. The van der Waals surface area contributed by atoms with E-state index in [1.54, 1.807) is 0 Å². The summed E-state index contributed by atoms with van der Waals surface area (Å²) in [4.78, 5) is 0. The van der Waals surface area contributed by atoms with Crippen LogP contribution in [0.1, 0.15) is 32.2 Å². The standard InChI is InChI=1S/C22H18O2Se2/c23-21(15-7-3-1-4-8-15)19-13-11-17(25-19)18-12-14-20(26-18)22(24)16-9-5-2-6-10-16/h1-14,21-24H. The van der Waals surface area contributed by atoms with E-state index in [9.17, 15) is 10.2 Å². The zero-order valence-electron chi connectivity index (χ0n) is 13.9. The second-order valence-electron chi connectivity index (χ2n) is 6.03. The molecule has 0 radical (unpaired) electrons. The molecule has 130 valence electrons. The molecule has 4 rings (SSSR count). The molecule has 0 aliphatic carbocycles. The molecule has 2 aromatic carbocycles. The van der Waals surface area contributed by atoms with E-state index in [2.05, 4.69) is 24.3 Å². The summed E-state index contributed by atoms with van der Waals surface area (Å²) >= 11 is 0.258. The van der Waals surface area contributed by atoms with Gasteiger partial charge in [0, 0.05) is 0 Å². The third kappa shape index (κ3) is 3.72. The van der Waals surface area contributed by atoms with Crippen LogP contribution in [0.4, 0.5) is 0 Å². The van der Waals surface area contributed by atoms with Crippen molar-refractivity contribution in [2.75, 3.05) is 0 Å². The Hall–Kier alpha value is -1.64. The van der Waals surface area contributed by atoms with E-state index < -0.39 is 12.2 Å². The van der Waals surface area contributed by atoms with Crippen LogP contribution < -0.4 is 0 Å². The van der Waals surface area contributed by atoms with Crippen LogP contribution in [-0.2, 0) is 0 Å².